The van der Waals surface area contributed by atoms with Crippen molar-refractivity contribution in [3.05, 3.63) is 29.3 Å². The van der Waals surface area contributed by atoms with Crippen molar-refractivity contribution in [3.63, 3.8) is 0 Å². The molecular formula is C15H22ClN3O3. The lowest BCUT2D eigenvalue weighted by atomic mass is 10.1. The van der Waals surface area contributed by atoms with Crippen molar-refractivity contribution < 1.29 is 14.3 Å². The lowest BCUT2D eigenvalue weighted by molar-refractivity contribution is -0.136. The Bertz CT molecular complexity index is 543. The zero-order valence-electron chi connectivity index (χ0n) is 12.9. The number of piperazine rings is 1. The number of rotatable bonds is 3. The van der Waals surface area contributed by atoms with E-state index in [4.69, 9.17) is 10.5 Å². The van der Waals surface area contributed by atoms with E-state index >= 15 is 0 Å². The summed E-state index contributed by atoms with van der Waals surface area (Å²) in [6.07, 6.45) is 0. The largest absolute Gasteiger partial charge is 0.399 e. The van der Waals surface area contributed by atoms with Gasteiger partial charge in [-0.3, -0.25) is 9.59 Å². The number of methoxy groups -OCH3 is 1. The van der Waals surface area contributed by atoms with Crippen molar-refractivity contribution in [1.29, 1.82) is 0 Å². The molecule has 2 rings (SSSR count). The van der Waals surface area contributed by atoms with E-state index in [0.717, 1.165) is 5.56 Å². The highest BCUT2D eigenvalue weighted by molar-refractivity contribution is 5.96. The van der Waals surface area contributed by atoms with E-state index in [2.05, 4.69) is 0 Å². The second-order valence-corrected chi connectivity index (χ2v) is 5.18. The lowest BCUT2D eigenvalue weighted by Crippen LogP contribution is -2.51. The van der Waals surface area contributed by atoms with E-state index < -0.39 is 0 Å². The molecule has 0 bridgehead atoms. The Morgan fingerprint density at radius 2 is 1.77 bits per heavy atom. The van der Waals surface area contributed by atoms with E-state index in [9.17, 15) is 9.59 Å². The molecule has 0 aromatic heterocycles. The summed E-state index contributed by atoms with van der Waals surface area (Å²) in [6, 6.07) is 5.34. The quantitative estimate of drug-likeness (QED) is 0.838. The van der Waals surface area contributed by atoms with Gasteiger partial charge in [0.25, 0.3) is 5.91 Å². The molecule has 1 aliphatic rings. The summed E-state index contributed by atoms with van der Waals surface area (Å²) in [5.74, 6) is -0.0663. The first-order valence-corrected chi connectivity index (χ1v) is 6.95. The number of nitrogens with zero attached hydrogens (tertiary/aromatic N) is 2. The normalized spacial score (nSPS) is 14.5. The van der Waals surface area contributed by atoms with Gasteiger partial charge < -0.3 is 20.3 Å². The van der Waals surface area contributed by atoms with Crippen LogP contribution in [-0.2, 0) is 9.53 Å². The van der Waals surface area contributed by atoms with E-state index in [1.165, 1.54) is 7.11 Å². The van der Waals surface area contributed by atoms with Crippen LogP contribution < -0.4 is 5.73 Å². The summed E-state index contributed by atoms with van der Waals surface area (Å²) >= 11 is 0. The van der Waals surface area contributed by atoms with Crippen LogP contribution in [0.3, 0.4) is 0 Å². The van der Waals surface area contributed by atoms with Crippen molar-refractivity contribution >= 4 is 29.9 Å². The van der Waals surface area contributed by atoms with Crippen LogP contribution in [0.2, 0.25) is 0 Å². The third kappa shape index (κ3) is 4.11. The number of hydrogen-bond donors (Lipinski definition) is 1. The molecule has 0 unspecified atom stereocenters. The van der Waals surface area contributed by atoms with Gasteiger partial charge in [0.05, 0.1) is 0 Å². The smallest absolute Gasteiger partial charge is 0.254 e. The molecule has 1 aromatic rings. The molecular weight excluding hydrogens is 306 g/mol. The number of carbonyl (C=O) groups excluding carboxylic acids is 2. The minimum atomic E-state index is -0.0373. The maximum atomic E-state index is 12.5. The highest BCUT2D eigenvalue weighted by atomic mass is 35.5. The Balaban J connectivity index is 0.00000242. The molecule has 2 amide bonds. The molecule has 0 aliphatic carbocycles. The van der Waals surface area contributed by atoms with Crippen LogP contribution >= 0.6 is 12.4 Å². The van der Waals surface area contributed by atoms with Crippen molar-refractivity contribution in [2.45, 2.75) is 6.92 Å². The number of benzene rings is 1. The molecule has 0 atom stereocenters. The second kappa shape index (κ2) is 8.00. The summed E-state index contributed by atoms with van der Waals surface area (Å²) in [6.45, 7) is 4.11. The third-order valence-corrected chi connectivity index (χ3v) is 3.68. The third-order valence-electron chi connectivity index (χ3n) is 3.68. The van der Waals surface area contributed by atoms with Gasteiger partial charge in [0, 0.05) is 44.5 Å². The molecule has 2 N–H and O–H groups in total. The van der Waals surface area contributed by atoms with E-state index in [1.54, 1.807) is 21.9 Å². The summed E-state index contributed by atoms with van der Waals surface area (Å²) in [7, 11) is 1.50. The second-order valence-electron chi connectivity index (χ2n) is 5.18. The number of amides is 2. The van der Waals surface area contributed by atoms with Crippen LogP contribution in [-0.4, -0.2) is 61.5 Å². The fourth-order valence-corrected chi connectivity index (χ4v) is 2.41. The van der Waals surface area contributed by atoms with Gasteiger partial charge in [-0.05, 0) is 24.6 Å². The number of anilines is 1. The molecule has 1 saturated heterocycles. The minimum absolute atomic E-state index is 0. The fourth-order valence-electron chi connectivity index (χ4n) is 2.41. The van der Waals surface area contributed by atoms with Gasteiger partial charge in [-0.2, -0.15) is 0 Å². The van der Waals surface area contributed by atoms with Gasteiger partial charge in [0.2, 0.25) is 5.91 Å². The average molecular weight is 328 g/mol. The number of nitrogens with two attached hydrogens (primary N) is 1. The summed E-state index contributed by atoms with van der Waals surface area (Å²) < 4.78 is 4.84. The van der Waals surface area contributed by atoms with Crippen LogP contribution in [0.5, 0.6) is 0 Å². The zero-order valence-corrected chi connectivity index (χ0v) is 13.7. The predicted octanol–water partition coefficient (Wildman–Crippen LogP) is 0.930. The van der Waals surface area contributed by atoms with Gasteiger partial charge in [-0.1, -0.05) is 6.07 Å². The maximum Gasteiger partial charge on any atom is 0.254 e. The molecule has 22 heavy (non-hydrogen) atoms. The topological polar surface area (TPSA) is 75.9 Å². The van der Waals surface area contributed by atoms with Crippen molar-refractivity contribution in [2.75, 3.05) is 45.6 Å². The minimum Gasteiger partial charge on any atom is -0.399 e. The molecule has 0 spiro atoms. The van der Waals surface area contributed by atoms with Crippen molar-refractivity contribution in [3.8, 4) is 0 Å². The Labute approximate surface area is 136 Å². The summed E-state index contributed by atoms with van der Waals surface area (Å²) in [4.78, 5) is 27.7. The van der Waals surface area contributed by atoms with Crippen LogP contribution in [0.15, 0.2) is 18.2 Å². The molecule has 122 valence electrons. The Hall–Kier alpha value is -1.79. The SMILES string of the molecule is COCC(=O)N1CCN(C(=O)c2cc(N)ccc2C)CC1.Cl. The van der Waals surface area contributed by atoms with Crippen LogP contribution in [0.4, 0.5) is 5.69 Å². The Morgan fingerprint density at radius 3 is 2.36 bits per heavy atom. The van der Waals surface area contributed by atoms with Crippen LogP contribution in [0.25, 0.3) is 0 Å². The van der Waals surface area contributed by atoms with Crippen LogP contribution in [0, 0.1) is 6.92 Å². The molecule has 1 aromatic carbocycles. The fraction of sp³-hybridized carbons (Fsp3) is 0.467. The lowest BCUT2D eigenvalue weighted by Gasteiger charge is -2.35. The number of aryl methyl sites for hydroxylation is 1. The van der Waals surface area contributed by atoms with E-state index in [-0.39, 0.29) is 30.8 Å². The molecule has 1 fully saturated rings. The van der Waals surface area contributed by atoms with E-state index in [1.807, 2.05) is 13.0 Å². The first kappa shape index (κ1) is 18.3. The van der Waals surface area contributed by atoms with Gasteiger partial charge >= 0.3 is 0 Å². The number of hydrogen-bond acceptors (Lipinski definition) is 4. The first-order chi connectivity index (χ1) is 10.0. The Kier molecular flexibility index (Phi) is 6.64. The molecule has 0 saturated carbocycles. The van der Waals surface area contributed by atoms with Crippen LogP contribution in [0.1, 0.15) is 15.9 Å². The monoisotopic (exact) mass is 327 g/mol. The maximum absolute atomic E-state index is 12.5. The summed E-state index contributed by atoms with van der Waals surface area (Å²) in [5, 5.41) is 0. The Morgan fingerprint density at radius 1 is 1.18 bits per heavy atom. The zero-order chi connectivity index (χ0) is 15.4. The van der Waals surface area contributed by atoms with E-state index in [0.29, 0.717) is 37.4 Å². The van der Waals surface area contributed by atoms with Gasteiger partial charge in [-0.25, -0.2) is 0 Å². The molecule has 6 nitrogen and oxygen atoms in total. The molecule has 1 heterocycles. The van der Waals surface area contributed by atoms with Crippen molar-refractivity contribution in [1.82, 2.24) is 9.80 Å². The highest BCUT2D eigenvalue weighted by Gasteiger charge is 2.25. The number of halogens is 1. The van der Waals surface area contributed by atoms with Gasteiger partial charge in [0.15, 0.2) is 0 Å². The number of carbonyl (C=O) groups is 2. The average Bonchev–Trinajstić information content (AvgIpc) is 2.49. The standard InChI is InChI=1S/C15H21N3O3.ClH/c1-11-3-4-12(16)9-13(11)15(20)18-7-5-17(6-8-18)14(19)10-21-2;/h3-4,9H,5-8,10,16H2,1-2H3;1H. The van der Waals surface area contributed by atoms with Crippen molar-refractivity contribution in [2.24, 2.45) is 0 Å². The molecule has 1 aliphatic heterocycles. The first-order valence-electron chi connectivity index (χ1n) is 6.95. The number of ether oxygens (including phenoxy) is 1. The van der Waals surface area contributed by atoms with Gasteiger partial charge in [0.1, 0.15) is 6.61 Å². The van der Waals surface area contributed by atoms with Gasteiger partial charge in [-0.15, -0.1) is 12.4 Å². The molecule has 7 heteroatoms. The highest BCUT2D eigenvalue weighted by Crippen LogP contribution is 2.16. The predicted molar refractivity (Wildman–Crippen MR) is 87.2 cm³/mol. The molecule has 0 radical (unpaired) electrons. The summed E-state index contributed by atoms with van der Waals surface area (Å²) in [5.41, 5.74) is 7.87. The number of nitrogen functional groups attached to an aromatic ring is 1.